The Morgan fingerprint density at radius 3 is 2.38 bits per heavy atom. The maximum Gasteiger partial charge on any atom is 0.291 e. The van der Waals surface area contributed by atoms with Crippen molar-refractivity contribution in [3.63, 3.8) is 0 Å². The number of nitrogens with one attached hydrogen (secondary N) is 2. The molecule has 0 unspecified atom stereocenters. The molecule has 1 saturated carbocycles. The van der Waals surface area contributed by atoms with Gasteiger partial charge in [0.25, 0.3) is 5.91 Å². The Labute approximate surface area is 140 Å². The molecule has 126 valence electrons. The van der Waals surface area contributed by atoms with Crippen LogP contribution in [0.25, 0.3) is 0 Å². The molecule has 4 N–H and O–H groups in total. The summed E-state index contributed by atoms with van der Waals surface area (Å²) in [4.78, 5) is 24.0. The molecule has 6 nitrogen and oxygen atoms in total. The maximum atomic E-state index is 12.1. The molecule has 2 amide bonds. The average molecular weight is 327 g/mol. The normalized spacial score (nSPS) is 19.9. The molecule has 0 bridgehead atoms. The van der Waals surface area contributed by atoms with E-state index in [0.717, 1.165) is 19.3 Å². The number of benzene rings is 1. The van der Waals surface area contributed by atoms with E-state index in [1.807, 2.05) is 0 Å². The van der Waals surface area contributed by atoms with E-state index in [4.69, 9.17) is 10.2 Å². The van der Waals surface area contributed by atoms with Crippen LogP contribution in [0.3, 0.4) is 0 Å². The molecule has 2 atom stereocenters. The molecule has 1 heterocycles. The fraction of sp³-hybridized carbons (Fsp3) is 0.333. The van der Waals surface area contributed by atoms with Gasteiger partial charge in [-0.1, -0.05) is 6.42 Å². The molecular formula is C18H21N3O3. The third-order valence-electron chi connectivity index (χ3n) is 4.34. The van der Waals surface area contributed by atoms with E-state index < -0.39 is 0 Å². The van der Waals surface area contributed by atoms with Crippen LogP contribution in [-0.4, -0.2) is 17.9 Å². The lowest BCUT2D eigenvalue weighted by Gasteiger charge is -2.15. The van der Waals surface area contributed by atoms with Gasteiger partial charge in [0.15, 0.2) is 5.76 Å². The summed E-state index contributed by atoms with van der Waals surface area (Å²) in [6.07, 6.45) is 5.03. The van der Waals surface area contributed by atoms with Crippen molar-refractivity contribution < 1.29 is 14.0 Å². The van der Waals surface area contributed by atoms with Crippen LogP contribution in [0.2, 0.25) is 0 Å². The monoisotopic (exact) mass is 327 g/mol. The van der Waals surface area contributed by atoms with Crippen molar-refractivity contribution in [1.82, 2.24) is 0 Å². The number of rotatable bonds is 5. The highest BCUT2D eigenvalue weighted by molar-refractivity contribution is 6.02. The number of nitrogens with two attached hydrogens (primary N) is 1. The van der Waals surface area contributed by atoms with E-state index in [1.165, 1.54) is 6.26 Å². The van der Waals surface area contributed by atoms with E-state index in [9.17, 15) is 9.59 Å². The minimum Gasteiger partial charge on any atom is -0.459 e. The molecule has 6 heteroatoms. The number of carbonyl (C=O) groups excluding carboxylic acids is 2. The third kappa shape index (κ3) is 4.02. The van der Waals surface area contributed by atoms with Crippen molar-refractivity contribution in [1.29, 1.82) is 0 Å². The topological polar surface area (TPSA) is 97.4 Å². The molecule has 1 aromatic carbocycles. The van der Waals surface area contributed by atoms with Gasteiger partial charge in [0.05, 0.1) is 6.26 Å². The minimum atomic E-state index is -0.313. The predicted molar refractivity (Wildman–Crippen MR) is 91.7 cm³/mol. The highest BCUT2D eigenvalue weighted by Gasteiger charge is 2.25. The SMILES string of the molecule is N[C@@H]1CCC[C@H]1CC(=O)Nc1ccc(NC(=O)c2ccco2)cc1. The van der Waals surface area contributed by atoms with Crippen LogP contribution in [0, 0.1) is 5.92 Å². The summed E-state index contributed by atoms with van der Waals surface area (Å²) in [6.45, 7) is 0. The summed E-state index contributed by atoms with van der Waals surface area (Å²) >= 11 is 0. The number of amides is 2. The number of hydrogen-bond donors (Lipinski definition) is 3. The third-order valence-corrected chi connectivity index (χ3v) is 4.34. The molecule has 0 radical (unpaired) electrons. The second-order valence-electron chi connectivity index (χ2n) is 6.12. The molecule has 1 aliphatic carbocycles. The lowest BCUT2D eigenvalue weighted by Crippen LogP contribution is -2.28. The average Bonchev–Trinajstić information content (AvgIpc) is 3.22. The van der Waals surface area contributed by atoms with Gasteiger partial charge in [0.2, 0.25) is 5.91 Å². The summed E-state index contributed by atoms with van der Waals surface area (Å²) in [7, 11) is 0. The first-order valence-electron chi connectivity index (χ1n) is 8.12. The molecule has 0 saturated heterocycles. The second-order valence-corrected chi connectivity index (χ2v) is 6.12. The van der Waals surface area contributed by atoms with Crippen LogP contribution in [0.1, 0.15) is 36.2 Å². The molecule has 1 aliphatic rings. The van der Waals surface area contributed by atoms with Crippen LogP contribution in [0.5, 0.6) is 0 Å². The molecule has 1 fully saturated rings. The van der Waals surface area contributed by atoms with E-state index in [-0.39, 0.29) is 29.5 Å². The first-order chi connectivity index (χ1) is 11.6. The number of furan rings is 1. The second kappa shape index (κ2) is 7.31. The van der Waals surface area contributed by atoms with Gasteiger partial charge >= 0.3 is 0 Å². The predicted octanol–water partition coefficient (Wildman–Crippen LogP) is 2.99. The standard InChI is InChI=1S/C18H21N3O3/c19-15-4-1-3-12(15)11-17(22)20-13-6-8-14(9-7-13)21-18(23)16-5-2-10-24-16/h2,5-10,12,15H,1,3-4,11,19H2,(H,20,22)(H,21,23)/t12-,15+/m0/s1. The highest BCUT2D eigenvalue weighted by atomic mass is 16.3. The van der Waals surface area contributed by atoms with Crippen molar-refractivity contribution in [2.24, 2.45) is 11.7 Å². The zero-order valence-electron chi connectivity index (χ0n) is 13.3. The van der Waals surface area contributed by atoms with Crippen molar-refractivity contribution in [3.8, 4) is 0 Å². The molecule has 3 rings (SSSR count). The lowest BCUT2D eigenvalue weighted by molar-refractivity contribution is -0.117. The van der Waals surface area contributed by atoms with Crippen molar-refractivity contribution in [2.75, 3.05) is 10.6 Å². The molecule has 1 aromatic heterocycles. The van der Waals surface area contributed by atoms with E-state index >= 15 is 0 Å². The Balaban J connectivity index is 1.52. The zero-order chi connectivity index (χ0) is 16.9. The van der Waals surface area contributed by atoms with Gasteiger partial charge in [-0.15, -0.1) is 0 Å². The van der Waals surface area contributed by atoms with Crippen LogP contribution in [0.4, 0.5) is 11.4 Å². The first-order valence-corrected chi connectivity index (χ1v) is 8.12. The Kier molecular flexibility index (Phi) is 4.96. The maximum absolute atomic E-state index is 12.1. The number of anilines is 2. The Morgan fingerprint density at radius 1 is 1.08 bits per heavy atom. The molecular weight excluding hydrogens is 306 g/mol. The van der Waals surface area contributed by atoms with Gasteiger partial charge in [-0.25, -0.2) is 0 Å². The van der Waals surface area contributed by atoms with Crippen LogP contribution < -0.4 is 16.4 Å². The Morgan fingerprint density at radius 2 is 1.79 bits per heavy atom. The van der Waals surface area contributed by atoms with Gasteiger partial charge in [-0.2, -0.15) is 0 Å². The molecule has 0 spiro atoms. The first kappa shape index (κ1) is 16.3. The van der Waals surface area contributed by atoms with Gasteiger partial charge in [-0.3, -0.25) is 9.59 Å². The summed E-state index contributed by atoms with van der Waals surface area (Å²) in [6, 6.07) is 10.4. The Hall–Kier alpha value is -2.60. The highest BCUT2D eigenvalue weighted by Crippen LogP contribution is 2.27. The Bertz CT molecular complexity index is 695. The number of carbonyl (C=O) groups is 2. The number of hydrogen-bond acceptors (Lipinski definition) is 4. The molecule has 24 heavy (non-hydrogen) atoms. The van der Waals surface area contributed by atoms with E-state index in [2.05, 4.69) is 10.6 Å². The largest absolute Gasteiger partial charge is 0.459 e. The minimum absolute atomic E-state index is 0.0234. The fourth-order valence-corrected chi connectivity index (χ4v) is 3.01. The quantitative estimate of drug-likeness (QED) is 0.786. The van der Waals surface area contributed by atoms with Crippen molar-refractivity contribution >= 4 is 23.2 Å². The molecule has 2 aromatic rings. The van der Waals surface area contributed by atoms with Crippen LogP contribution in [-0.2, 0) is 4.79 Å². The summed E-state index contributed by atoms with van der Waals surface area (Å²) in [5, 5.41) is 5.60. The van der Waals surface area contributed by atoms with Crippen molar-refractivity contribution in [2.45, 2.75) is 31.7 Å². The summed E-state index contributed by atoms with van der Waals surface area (Å²) in [5.41, 5.74) is 7.33. The van der Waals surface area contributed by atoms with Crippen LogP contribution >= 0.6 is 0 Å². The van der Waals surface area contributed by atoms with Gasteiger partial charge in [-0.05, 0) is 55.2 Å². The summed E-state index contributed by atoms with van der Waals surface area (Å²) < 4.78 is 5.04. The molecule has 0 aliphatic heterocycles. The fourth-order valence-electron chi connectivity index (χ4n) is 3.01. The van der Waals surface area contributed by atoms with E-state index in [0.29, 0.717) is 17.8 Å². The zero-order valence-corrected chi connectivity index (χ0v) is 13.3. The van der Waals surface area contributed by atoms with Crippen molar-refractivity contribution in [3.05, 3.63) is 48.4 Å². The van der Waals surface area contributed by atoms with E-state index in [1.54, 1.807) is 36.4 Å². The van der Waals surface area contributed by atoms with Gasteiger partial charge < -0.3 is 20.8 Å². The summed E-state index contributed by atoms with van der Waals surface area (Å²) in [5.74, 6) is 0.189. The van der Waals surface area contributed by atoms with Gasteiger partial charge in [0, 0.05) is 23.8 Å². The van der Waals surface area contributed by atoms with Gasteiger partial charge in [0.1, 0.15) is 0 Å². The lowest BCUT2D eigenvalue weighted by atomic mass is 10.00. The smallest absolute Gasteiger partial charge is 0.291 e. The van der Waals surface area contributed by atoms with Crippen LogP contribution in [0.15, 0.2) is 47.1 Å².